The highest BCUT2D eigenvalue weighted by Crippen LogP contribution is 2.35. The molecule has 0 radical (unpaired) electrons. The number of ether oxygens (including phenoxy) is 3. The largest absolute Gasteiger partial charge is 0.496 e. The molecule has 1 N–H and O–H groups in total. The second kappa shape index (κ2) is 9.48. The standard InChI is InChI=1S/C18H29N3O3.ClH/c1-22-16-11-18(24-3)17(23-2)10-14(16)13-20-6-8-21(9-7-20)15-4-5-19-12-15;/h10-11,15,19H,4-9,12-13H2,1-3H3;1H. The average Bonchev–Trinajstić information content (AvgIpc) is 3.16. The molecule has 2 aliphatic heterocycles. The zero-order valence-electron chi connectivity index (χ0n) is 15.4. The quantitative estimate of drug-likeness (QED) is 0.819. The molecule has 1 aromatic carbocycles. The van der Waals surface area contributed by atoms with Crippen molar-refractivity contribution >= 4 is 12.4 Å². The van der Waals surface area contributed by atoms with E-state index in [0.29, 0.717) is 5.75 Å². The molecule has 1 atom stereocenters. The van der Waals surface area contributed by atoms with Gasteiger partial charge < -0.3 is 19.5 Å². The van der Waals surface area contributed by atoms with Crippen molar-refractivity contribution in [2.45, 2.75) is 19.0 Å². The lowest BCUT2D eigenvalue weighted by atomic mass is 10.1. The van der Waals surface area contributed by atoms with Gasteiger partial charge in [0.05, 0.1) is 21.3 Å². The van der Waals surface area contributed by atoms with Gasteiger partial charge in [0.1, 0.15) is 5.75 Å². The summed E-state index contributed by atoms with van der Waals surface area (Å²) in [4.78, 5) is 5.12. The molecule has 1 aromatic rings. The van der Waals surface area contributed by atoms with E-state index in [-0.39, 0.29) is 12.4 Å². The van der Waals surface area contributed by atoms with E-state index in [9.17, 15) is 0 Å². The van der Waals surface area contributed by atoms with Crippen LogP contribution in [0, 0.1) is 0 Å². The molecule has 2 saturated heterocycles. The molecule has 7 heteroatoms. The lowest BCUT2D eigenvalue weighted by molar-refractivity contribution is 0.0975. The molecule has 0 bridgehead atoms. The van der Waals surface area contributed by atoms with Crippen LogP contribution < -0.4 is 19.5 Å². The van der Waals surface area contributed by atoms with Crippen molar-refractivity contribution < 1.29 is 14.2 Å². The second-order valence-corrected chi connectivity index (χ2v) is 6.48. The van der Waals surface area contributed by atoms with Crippen molar-refractivity contribution in [2.24, 2.45) is 0 Å². The van der Waals surface area contributed by atoms with E-state index in [1.54, 1.807) is 21.3 Å². The summed E-state index contributed by atoms with van der Waals surface area (Å²) in [6, 6.07) is 4.67. The molecular formula is C18H30ClN3O3. The summed E-state index contributed by atoms with van der Waals surface area (Å²) in [5.74, 6) is 2.32. The van der Waals surface area contributed by atoms with Gasteiger partial charge in [0, 0.05) is 56.9 Å². The molecular weight excluding hydrogens is 342 g/mol. The first kappa shape index (κ1) is 20.1. The summed E-state index contributed by atoms with van der Waals surface area (Å²) in [7, 11) is 5.02. The van der Waals surface area contributed by atoms with Gasteiger partial charge in [-0.1, -0.05) is 0 Å². The molecule has 0 amide bonds. The predicted molar refractivity (Wildman–Crippen MR) is 101 cm³/mol. The van der Waals surface area contributed by atoms with Crippen molar-refractivity contribution in [3.05, 3.63) is 17.7 Å². The molecule has 1 unspecified atom stereocenters. The van der Waals surface area contributed by atoms with Crippen molar-refractivity contribution in [3.63, 3.8) is 0 Å². The van der Waals surface area contributed by atoms with Crippen LogP contribution in [0.3, 0.4) is 0 Å². The van der Waals surface area contributed by atoms with E-state index >= 15 is 0 Å². The van der Waals surface area contributed by atoms with E-state index < -0.39 is 0 Å². The minimum atomic E-state index is 0. The average molecular weight is 372 g/mol. The Balaban J connectivity index is 0.00000225. The normalized spacial score (nSPS) is 21.6. The zero-order valence-corrected chi connectivity index (χ0v) is 16.2. The van der Waals surface area contributed by atoms with Crippen molar-refractivity contribution in [1.82, 2.24) is 15.1 Å². The van der Waals surface area contributed by atoms with Crippen LogP contribution in [0.25, 0.3) is 0 Å². The van der Waals surface area contributed by atoms with Gasteiger partial charge in [-0.15, -0.1) is 12.4 Å². The number of halogens is 1. The van der Waals surface area contributed by atoms with Gasteiger partial charge in [-0.05, 0) is 19.0 Å². The van der Waals surface area contributed by atoms with Gasteiger partial charge in [-0.2, -0.15) is 0 Å². The monoisotopic (exact) mass is 371 g/mol. The third kappa shape index (κ3) is 4.70. The van der Waals surface area contributed by atoms with Crippen LogP contribution in [-0.2, 0) is 6.54 Å². The van der Waals surface area contributed by atoms with Crippen molar-refractivity contribution in [1.29, 1.82) is 0 Å². The first-order valence-corrected chi connectivity index (χ1v) is 8.71. The summed E-state index contributed by atoms with van der Waals surface area (Å²) in [5.41, 5.74) is 1.14. The second-order valence-electron chi connectivity index (χ2n) is 6.48. The topological polar surface area (TPSA) is 46.2 Å². The van der Waals surface area contributed by atoms with E-state index in [1.165, 1.54) is 6.42 Å². The van der Waals surface area contributed by atoms with Gasteiger partial charge in [0.25, 0.3) is 0 Å². The Bertz CT molecular complexity index is 545. The van der Waals surface area contributed by atoms with Gasteiger partial charge >= 0.3 is 0 Å². The number of rotatable bonds is 6. The molecule has 3 rings (SSSR count). The maximum absolute atomic E-state index is 5.55. The predicted octanol–water partition coefficient (Wildman–Crippen LogP) is 1.61. The van der Waals surface area contributed by atoms with Crippen LogP contribution in [0.15, 0.2) is 12.1 Å². The molecule has 2 fully saturated rings. The van der Waals surface area contributed by atoms with Crippen molar-refractivity contribution in [3.8, 4) is 17.2 Å². The maximum atomic E-state index is 5.55. The summed E-state index contributed by atoms with van der Waals surface area (Å²) in [6.07, 6.45) is 1.28. The van der Waals surface area contributed by atoms with Crippen LogP contribution in [0.5, 0.6) is 17.2 Å². The van der Waals surface area contributed by atoms with Crippen LogP contribution in [-0.4, -0.2) is 76.4 Å². The highest BCUT2D eigenvalue weighted by molar-refractivity contribution is 5.85. The lowest BCUT2D eigenvalue weighted by Gasteiger charge is -2.38. The summed E-state index contributed by atoms with van der Waals surface area (Å²) < 4.78 is 16.3. The minimum Gasteiger partial charge on any atom is -0.496 e. The molecule has 0 aliphatic carbocycles. The molecule has 142 valence electrons. The summed E-state index contributed by atoms with van der Waals surface area (Å²) in [6.45, 7) is 7.64. The third-order valence-corrected chi connectivity index (χ3v) is 5.14. The number of nitrogens with zero attached hydrogens (tertiary/aromatic N) is 2. The molecule has 2 heterocycles. The van der Waals surface area contributed by atoms with E-state index in [2.05, 4.69) is 15.1 Å². The molecule has 0 spiro atoms. The van der Waals surface area contributed by atoms with E-state index in [0.717, 1.165) is 68.9 Å². The molecule has 0 aromatic heterocycles. The minimum absolute atomic E-state index is 0. The Morgan fingerprint density at radius 3 is 2.16 bits per heavy atom. The fraction of sp³-hybridized carbons (Fsp3) is 0.667. The highest BCUT2D eigenvalue weighted by atomic mass is 35.5. The maximum Gasteiger partial charge on any atom is 0.164 e. The number of benzene rings is 1. The van der Waals surface area contributed by atoms with Gasteiger partial charge in [0.2, 0.25) is 0 Å². The van der Waals surface area contributed by atoms with E-state index in [4.69, 9.17) is 14.2 Å². The van der Waals surface area contributed by atoms with Gasteiger partial charge in [-0.25, -0.2) is 0 Å². The Hall–Kier alpha value is -1.21. The van der Waals surface area contributed by atoms with Crippen molar-refractivity contribution in [2.75, 3.05) is 60.6 Å². The Kier molecular flexibility index (Phi) is 7.62. The number of hydrogen-bond donors (Lipinski definition) is 1. The van der Waals surface area contributed by atoms with Gasteiger partial charge in [-0.3, -0.25) is 9.80 Å². The first-order chi connectivity index (χ1) is 11.7. The highest BCUT2D eigenvalue weighted by Gasteiger charge is 2.26. The van der Waals surface area contributed by atoms with Crippen LogP contribution in [0.4, 0.5) is 0 Å². The fourth-order valence-corrected chi connectivity index (χ4v) is 3.69. The van der Waals surface area contributed by atoms with Crippen LogP contribution in [0.2, 0.25) is 0 Å². The number of piperazine rings is 1. The SMILES string of the molecule is COc1cc(OC)c(OC)cc1CN1CCN(C2CCNC2)CC1.Cl. The molecule has 25 heavy (non-hydrogen) atoms. The fourth-order valence-electron chi connectivity index (χ4n) is 3.69. The smallest absolute Gasteiger partial charge is 0.164 e. The van der Waals surface area contributed by atoms with Crippen LogP contribution >= 0.6 is 12.4 Å². The van der Waals surface area contributed by atoms with Crippen LogP contribution in [0.1, 0.15) is 12.0 Å². The van der Waals surface area contributed by atoms with Gasteiger partial charge in [0.15, 0.2) is 11.5 Å². The number of methoxy groups -OCH3 is 3. The first-order valence-electron chi connectivity index (χ1n) is 8.71. The summed E-state index contributed by atoms with van der Waals surface area (Å²) >= 11 is 0. The number of nitrogens with one attached hydrogen (secondary N) is 1. The molecule has 0 saturated carbocycles. The third-order valence-electron chi connectivity index (χ3n) is 5.14. The Labute approximate surface area is 156 Å². The molecule has 6 nitrogen and oxygen atoms in total. The summed E-state index contributed by atoms with van der Waals surface area (Å²) in [5, 5.41) is 3.46. The Morgan fingerprint density at radius 1 is 0.960 bits per heavy atom. The lowest BCUT2D eigenvalue weighted by Crippen LogP contribution is -2.50. The zero-order chi connectivity index (χ0) is 16.9. The molecule has 2 aliphatic rings. The number of hydrogen-bond acceptors (Lipinski definition) is 6. The van der Waals surface area contributed by atoms with E-state index in [1.807, 2.05) is 12.1 Å². The Morgan fingerprint density at radius 2 is 1.60 bits per heavy atom.